The summed E-state index contributed by atoms with van der Waals surface area (Å²) < 4.78 is 40.0. The van der Waals surface area contributed by atoms with Gasteiger partial charge >= 0.3 is 0 Å². The van der Waals surface area contributed by atoms with Crippen molar-refractivity contribution in [3.8, 4) is 0 Å². The molecule has 7 heteroatoms. The molecule has 146 valence electrons. The van der Waals surface area contributed by atoms with Gasteiger partial charge in [-0.1, -0.05) is 27.7 Å². The number of piperidine rings is 1. The summed E-state index contributed by atoms with van der Waals surface area (Å²) in [5.74, 6) is -0.313. The predicted octanol–water partition coefficient (Wildman–Crippen LogP) is 3.02. The van der Waals surface area contributed by atoms with Crippen LogP contribution in [0.4, 0.5) is 4.39 Å². The van der Waals surface area contributed by atoms with E-state index in [9.17, 15) is 17.6 Å². The zero-order valence-corrected chi connectivity index (χ0v) is 16.7. The van der Waals surface area contributed by atoms with Gasteiger partial charge < -0.3 is 5.32 Å². The Hall–Kier alpha value is -1.47. The van der Waals surface area contributed by atoms with Gasteiger partial charge in [-0.25, -0.2) is 12.8 Å². The maximum absolute atomic E-state index is 13.1. The third-order valence-corrected chi connectivity index (χ3v) is 6.83. The van der Waals surface area contributed by atoms with Crippen molar-refractivity contribution in [1.29, 1.82) is 0 Å². The number of benzene rings is 1. The molecule has 1 heterocycles. The van der Waals surface area contributed by atoms with E-state index < -0.39 is 15.8 Å². The topological polar surface area (TPSA) is 66.5 Å². The van der Waals surface area contributed by atoms with Crippen LogP contribution in [0.1, 0.15) is 40.5 Å². The molecule has 0 saturated carbocycles. The van der Waals surface area contributed by atoms with Crippen LogP contribution in [-0.2, 0) is 14.8 Å². The van der Waals surface area contributed by atoms with Crippen LogP contribution in [0.3, 0.4) is 0 Å². The molecule has 1 aromatic carbocycles. The number of halogens is 1. The van der Waals surface area contributed by atoms with E-state index in [-0.39, 0.29) is 29.3 Å². The maximum atomic E-state index is 13.1. The second-order valence-electron chi connectivity index (χ2n) is 7.68. The van der Waals surface area contributed by atoms with Gasteiger partial charge in [0, 0.05) is 19.1 Å². The lowest BCUT2D eigenvalue weighted by atomic mass is 9.91. The summed E-state index contributed by atoms with van der Waals surface area (Å²) in [6.45, 7) is 8.80. The highest BCUT2D eigenvalue weighted by atomic mass is 32.2. The van der Waals surface area contributed by atoms with E-state index in [0.717, 1.165) is 12.1 Å². The number of sulfonamides is 1. The third-order valence-electron chi connectivity index (χ3n) is 4.95. The molecular weight excluding hydrogens is 355 g/mol. The standard InChI is InChI=1S/C19H29FN2O3S/c1-13(2)18(14(3)4)21-19(23)15-6-5-11-22(12-15)26(24,25)17-9-7-16(20)8-10-17/h7-10,13-15,18H,5-6,11-12H2,1-4H3,(H,21,23)/t15-/m0/s1. The Bertz CT molecular complexity index is 709. The summed E-state index contributed by atoms with van der Waals surface area (Å²) in [5.41, 5.74) is 0. The van der Waals surface area contributed by atoms with E-state index >= 15 is 0 Å². The zero-order valence-electron chi connectivity index (χ0n) is 15.9. The first-order valence-electron chi connectivity index (χ1n) is 9.19. The van der Waals surface area contributed by atoms with Crippen molar-refractivity contribution in [2.75, 3.05) is 13.1 Å². The molecule has 1 fully saturated rings. The van der Waals surface area contributed by atoms with Crippen molar-refractivity contribution in [1.82, 2.24) is 9.62 Å². The molecule has 0 aromatic heterocycles. The lowest BCUT2D eigenvalue weighted by molar-refractivity contribution is -0.127. The maximum Gasteiger partial charge on any atom is 0.243 e. The lowest BCUT2D eigenvalue weighted by Gasteiger charge is -2.33. The fraction of sp³-hybridized carbons (Fsp3) is 0.632. The Labute approximate surface area is 156 Å². The first kappa shape index (κ1) is 20.8. The largest absolute Gasteiger partial charge is 0.353 e. The van der Waals surface area contributed by atoms with Gasteiger partial charge in [-0.2, -0.15) is 4.31 Å². The van der Waals surface area contributed by atoms with E-state index in [1.54, 1.807) is 0 Å². The third kappa shape index (κ3) is 4.82. The van der Waals surface area contributed by atoms with Gasteiger partial charge in [0.1, 0.15) is 5.82 Å². The summed E-state index contributed by atoms with van der Waals surface area (Å²) >= 11 is 0. The molecule has 0 spiro atoms. The SMILES string of the molecule is CC(C)C(NC(=O)[C@H]1CCCN(S(=O)(=O)c2ccc(F)cc2)C1)C(C)C. The minimum absolute atomic E-state index is 0.0576. The van der Waals surface area contributed by atoms with E-state index in [0.29, 0.717) is 31.2 Å². The molecule has 1 atom stereocenters. The summed E-state index contributed by atoms with van der Waals surface area (Å²) in [5, 5.41) is 3.09. The highest BCUT2D eigenvalue weighted by molar-refractivity contribution is 7.89. The number of amides is 1. The number of hydrogen-bond donors (Lipinski definition) is 1. The summed E-state index contributed by atoms with van der Waals surface area (Å²) in [6.07, 6.45) is 1.30. The molecule has 26 heavy (non-hydrogen) atoms. The van der Waals surface area contributed by atoms with Crippen LogP contribution >= 0.6 is 0 Å². The van der Waals surface area contributed by atoms with Crippen LogP contribution in [0.15, 0.2) is 29.2 Å². The summed E-state index contributed by atoms with van der Waals surface area (Å²) in [6, 6.07) is 4.86. The Morgan fingerprint density at radius 1 is 1.15 bits per heavy atom. The molecule has 1 amide bonds. The normalized spacial score (nSPS) is 19.3. The minimum atomic E-state index is -3.72. The molecule has 1 saturated heterocycles. The molecule has 5 nitrogen and oxygen atoms in total. The number of carbonyl (C=O) groups is 1. The van der Waals surface area contributed by atoms with E-state index in [2.05, 4.69) is 33.0 Å². The zero-order chi connectivity index (χ0) is 19.5. The van der Waals surface area contributed by atoms with Gasteiger partial charge in [-0.3, -0.25) is 4.79 Å². The van der Waals surface area contributed by atoms with Gasteiger partial charge in [0.05, 0.1) is 10.8 Å². The average molecular weight is 385 g/mol. The summed E-state index contributed by atoms with van der Waals surface area (Å²) in [7, 11) is -3.72. The van der Waals surface area contributed by atoms with Crippen LogP contribution in [0.25, 0.3) is 0 Å². The van der Waals surface area contributed by atoms with Crippen molar-refractivity contribution in [2.24, 2.45) is 17.8 Å². The highest BCUT2D eigenvalue weighted by Gasteiger charge is 2.34. The fourth-order valence-electron chi connectivity index (χ4n) is 3.52. The molecule has 1 N–H and O–H groups in total. The van der Waals surface area contributed by atoms with Crippen LogP contribution in [-0.4, -0.2) is 37.8 Å². The molecule has 1 aromatic rings. The summed E-state index contributed by atoms with van der Waals surface area (Å²) in [4.78, 5) is 12.7. The average Bonchev–Trinajstić information content (AvgIpc) is 2.59. The van der Waals surface area contributed by atoms with Crippen molar-refractivity contribution >= 4 is 15.9 Å². The number of rotatable bonds is 6. The molecule has 0 unspecified atom stereocenters. The number of hydrogen-bond acceptors (Lipinski definition) is 3. The first-order chi connectivity index (χ1) is 12.1. The van der Waals surface area contributed by atoms with E-state index in [1.807, 2.05) is 0 Å². The monoisotopic (exact) mass is 384 g/mol. The Morgan fingerprint density at radius 3 is 2.27 bits per heavy atom. The van der Waals surface area contributed by atoms with Crippen LogP contribution in [0.5, 0.6) is 0 Å². The molecule has 0 radical (unpaired) electrons. The smallest absolute Gasteiger partial charge is 0.243 e. The quantitative estimate of drug-likeness (QED) is 0.820. The van der Waals surface area contributed by atoms with E-state index in [4.69, 9.17) is 0 Å². The number of carbonyl (C=O) groups excluding carboxylic acids is 1. The first-order valence-corrected chi connectivity index (χ1v) is 10.6. The Morgan fingerprint density at radius 2 is 1.73 bits per heavy atom. The van der Waals surface area contributed by atoms with Crippen molar-refractivity contribution in [3.05, 3.63) is 30.1 Å². The van der Waals surface area contributed by atoms with Crippen molar-refractivity contribution < 1.29 is 17.6 Å². The molecule has 0 bridgehead atoms. The van der Waals surface area contributed by atoms with Crippen molar-refractivity contribution in [3.63, 3.8) is 0 Å². The van der Waals surface area contributed by atoms with Crippen LogP contribution < -0.4 is 5.32 Å². The van der Waals surface area contributed by atoms with Crippen LogP contribution in [0.2, 0.25) is 0 Å². The van der Waals surface area contributed by atoms with Gasteiger partial charge in [0.25, 0.3) is 0 Å². The van der Waals surface area contributed by atoms with Crippen molar-refractivity contribution in [2.45, 2.75) is 51.5 Å². The Kier molecular flexibility index (Phi) is 6.80. The highest BCUT2D eigenvalue weighted by Crippen LogP contribution is 2.25. The predicted molar refractivity (Wildman–Crippen MR) is 99.5 cm³/mol. The number of nitrogens with one attached hydrogen (secondary N) is 1. The van der Waals surface area contributed by atoms with Gasteiger partial charge in [-0.15, -0.1) is 0 Å². The van der Waals surface area contributed by atoms with Gasteiger partial charge in [-0.05, 0) is 48.9 Å². The molecule has 2 rings (SSSR count). The lowest BCUT2D eigenvalue weighted by Crippen LogP contribution is -2.49. The van der Waals surface area contributed by atoms with Gasteiger partial charge in [0.2, 0.25) is 15.9 Å². The molecule has 1 aliphatic heterocycles. The molecule has 1 aliphatic rings. The van der Waals surface area contributed by atoms with E-state index in [1.165, 1.54) is 16.4 Å². The molecular formula is C19H29FN2O3S. The van der Waals surface area contributed by atoms with Gasteiger partial charge in [0.15, 0.2) is 0 Å². The number of nitrogens with zero attached hydrogens (tertiary/aromatic N) is 1. The second kappa shape index (κ2) is 8.48. The second-order valence-corrected chi connectivity index (χ2v) is 9.62. The fourth-order valence-corrected chi connectivity index (χ4v) is 5.04. The Balaban J connectivity index is 2.10. The van der Waals surface area contributed by atoms with Crippen LogP contribution in [0, 0.1) is 23.6 Å². The minimum Gasteiger partial charge on any atom is -0.353 e. The molecule has 0 aliphatic carbocycles.